The van der Waals surface area contributed by atoms with E-state index >= 15 is 0 Å². The van der Waals surface area contributed by atoms with Gasteiger partial charge in [-0.3, -0.25) is 0 Å². The van der Waals surface area contributed by atoms with Gasteiger partial charge in [0.25, 0.3) is 0 Å². The van der Waals surface area contributed by atoms with Crippen LogP contribution in [0.25, 0.3) is 21.5 Å². The first-order valence-corrected chi connectivity index (χ1v) is 11.5. The standard InChI is InChI=1S/C23H27N5S/c1-15-10-21-23(29-15)22(28-14-17-11-19(28)13-25-17)12-20(26-21)16-2-4-18(5-3-16)27-8-6-24-7-9-27/h2-5,10,12,17,19,24-25H,6-9,11,13-14H2,1H3. The van der Waals surface area contributed by atoms with E-state index in [1.807, 2.05) is 11.3 Å². The van der Waals surface area contributed by atoms with Gasteiger partial charge in [0.2, 0.25) is 0 Å². The van der Waals surface area contributed by atoms with E-state index in [2.05, 4.69) is 63.8 Å². The van der Waals surface area contributed by atoms with E-state index in [1.54, 1.807) is 0 Å². The quantitative estimate of drug-likeness (QED) is 0.700. The zero-order valence-corrected chi connectivity index (χ0v) is 17.6. The SMILES string of the molecule is Cc1cc2nc(-c3ccc(N4CCNCC4)cc3)cc(N3CC4CC3CN4)c2s1. The summed E-state index contributed by atoms with van der Waals surface area (Å²) in [7, 11) is 0. The van der Waals surface area contributed by atoms with Gasteiger partial charge in [-0.05, 0) is 37.6 Å². The minimum Gasteiger partial charge on any atom is -0.369 e. The van der Waals surface area contributed by atoms with Gasteiger partial charge in [0.05, 0.1) is 21.6 Å². The van der Waals surface area contributed by atoms with Gasteiger partial charge >= 0.3 is 0 Å². The van der Waals surface area contributed by atoms with Gasteiger partial charge in [-0.2, -0.15) is 0 Å². The molecule has 1 aromatic carbocycles. The maximum Gasteiger partial charge on any atom is 0.0841 e. The van der Waals surface area contributed by atoms with Crippen LogP contribution in [0.3, 0.4) is 0 Å². The number of benzene rings is 1. The highest BCUT2D eigenvalue weighted by molar-refractivity contribution is 7.19. The number of thiophene rings is 1. The molecule has 0 amide bonds. The van der Waals surface area contributed by atoms with Crippen LogP contribution < -0.4 is 20.4 Å². The van der Waals surface area contributed by atoms with Crippen molar-refractivity contribution >= 4 is 32.9 Å². The Morgan fingerprint density at radius 1 is 1.10 bits per heavy atom. The molecule has 2 N–H and O–H groups in total. The van der Waals surface area contributed by atoms with Gasteiger partial charge in [-0.15, -0.1) is 11.3 Å². The second-order valence-electron chi connectivity index (χ2n) is 8.53. The molecule has 0 radical (unpaired) electrons. The third-order valence-electron chi connectivity index (χ3n) is 6.59. The Morgan fingerprint density at radius 3 is 2.66 bits per heavy atom. The van der Waals surface area contributed by atoms with Crippen molar-refractivity contribution in [3.63, 3.8) is 0 Å². The van der Waals surface area contributed by atoms with Crippen molar-refractivity contribution in [2.75, 3.05) is 49.1 Å². The molecule has 2 bridgehead atoms. The van der Waals surface area contributed by atoms with E-state index in [9.17, 15) is 0 Å². The van der Waals surface area contributed by atoms with Crippen LogP contribution in [0.5, 0.6) is 0 Å². The monoisotopic (exact) mass is 405 g/mol. The maximum atomic E-state index is 5.05. The zero-order valence-electron chi connectivity index (χ0n) is 16.8. The van der Waals surface area contributed by atoms with Crippen LogP contribution in [-0.4, -0.2) is 56.3 Å². The molecule has 0 aliphatic carbocycles. The molecular formula is C23H27N5S. The number of nitrogens with zero attached hydrogens (tertiary/aromatic N) is 3. The van der Waals surface area contributed by atoms with Crippen molar-refractivity contribution in [2.24, 2.45) is 0 Å². The molecule has 5 nitrogen and oxygen atoms in total. The summed E-state index contributed by atoms with van der Waals surface area (Å²) < 4.78 is 1.34. The Morgan fingerprint density at radius 2 is 1.93 bits per heavy atom. The molecule has 3 aliphatic rings. The summed E-state index contributed by atoms with van der Waals surface area (Å²) in [5, 5.41) is 7.05. The van der Waals surface area contributed by atoms with Gasteiger partial charge in [0.1, 0.15) is 0 Å². The van der Waals surface area contributed by atoms with E-state index in [-0.39, 0.29) is 0 Å². The van der Waals surface area contributed by atoms with Crippen LogP contribution in [0.4, 0.5) is 11.4 Å². The summed E-state index contributed by atoms with van der Waals surface area (Å²) in [5.74, 6) is 0. The summed E-state index contributed by atoms with van der Waals surface area (Å²) in [6.07, 6.45) is 1.27. The molecular weight excluding hydrogens is 378 g/mol. The molecule has 0 saturated carbocycles. The van der Waals surface area contributed by atoms with E-state index in [0.29, 0.717) is 12.1 Å². The van der Waals surface area contributed by atoms with Crippen molar-refractivity contribution < 1.29 is 0 Å². The van der Waals surface area contributed by atoms with Crippen molar-refractivity contribution in [3.8, 4) is 11.3 Å². The van der Waals surface area contributed by atoms with Gasteiger partial charge in [-0.1, -0.05) is 12.1 Å². The van der Waals surface area contributed by atoms with E-state index in [1.165, 1.54) is 32.9 Å². The fraction of sp³-hybridized carbons (Fsp3) is 0.435. The van der Waals surface area contributed by atoms with E-state index in [4.69, 9.17) is 4.98 Å². The third-order valence-corrected chi connectivity index (χ3v) is 7.66. The number of hydrogen-bond acceptors (Lipinski definition) is 6. The lowest BCUT2D eigenvalue weighted by Gasteiger charge is -2.30. The Labute approximate surface area is 175 Å². The number of aryl methyl sites for hydroxylation is 1. The number of hydrogen-bond donors (Lipinski definition) is 2. The molecule has 150 valence electrons. The Balaban J connectivity index is 1.38. The average molecular weight is 406 g/mol. The largest absolute Gasteiger partial charge is 0.369 e. The summed E-state index contributed by atoms with van der Waals surface area (Å²) in [6.45, 7) is 8.69. The minimum absolute atomic E-state index is 0.621. The smallest absolute Gasteiger partial charge is 0.0841 e. The van der Waals surface area contributed by atoms with Crippen LogP contribution >= 0.6 is 11.3 Å². The first-order valence-electron chi connectivity index (χ1n) is 10.7. The lowest BCUT2D eigenvalue weighted by atomic mass is 10.1. The highest BCUT2D eigenvalue weighted by atomic mass is 32.1. The summed E-state index contributed by atoms with van der Waals surface area (Å²) in [5.41, 5.74) is 6.13. The maximum absolute atomic E-state index is 5.05. The summed E-state index contributed by atoms with van der Waals surface area (Å²) in [4.78, 5) is 11.5. The second-order valence-corrected chi connectivity index (χ2v) is 9.79. The molecule has 3 fully saturated rings. The predicted octanol–water partition coefficient (Wildman–Crippen LogP) is 3.23. The molecule has 6 heteroatoms. The topological polar surface area (TPSA) is 43.4 Å². The molecule has 3 aromatic rings. The lowest BCUT2D eigenvalue weighted by molar-refractivity contribution is 0.581. The Hall–Kier alpha value is -2.15. The predicted molar refractivity (Wildman–Crippen MR) is 122 cm³/mol. The molecule has 29 heavy (non-hydrogen) atoms. The summed E-state index contributed by atoms with van der Waals surface area (Å²) >= 11 is 1.88. The van der Waals surface area contributed by atoms with Gasteiger partial charge in [-0.25, -0.2) is 4.98 Å². The molecule has 2 atom stereocenters. The van der Waals surface area contributed by atoms with Gasteiger partial charge in [0.15, 0.2) is 0 Å². The number of piperazine rings is 2. The van der Waals surface area contributed by atoms with E-state index in [0.717, 1.165) is 50.5 Å². The summed E-state index contributed by atoms with van der Waals surface area (Å²) in [6, 6.07) is 14.8. The first kappa shape index (κ1) is 17.7. The zero-order chi connectivity index (χ0) is 19.4. The lowest BCUT2D eigenvalue weighted by Crippen LogP contribution is -2.43. The number of nitrogens with one attached hydrogen (secondary N) is 2. The highest BCUT2D eigenvalue weighted by Crippen LogP contribution is 2.40. The van der Waals surface area contributed by atoms with Crippen LogP contribution in [0.15, 0.2) is 36.4 Å². The number of anilines is 2. The van der Waals surface area contributed by atoms with Gasteiger partial charge in [0, 0.05) is 67.5 Å². The number of aromatic nitrogens is 1. The normalized spacial score (nSPS) is 24.0. The Kier molecular flexibility index (Phi) is 4.25. The van der Waals surface area contributed by atoms with Crippen molar-refractivity contribution in [1.82, 2.24) is 15.6 Å². The molecule has 3 aliphatic heterocycles. The molecule has 3 saturated heterocycles. The van der Waals surface area contributed by atoms with Crippen LogP contribution in [0, 0.1) is 6.92 Å². The number of fused-ring (bicyclic) bond motifs is 3. The fourth-order valence-corrected chi connectivity index (χ4v) is 6.09. The number of pyridine rings is 1. The molecule has 0 spiro atoms. The van der Waals surface area contributed by atoms with Crippen LogP contribution in [0.1, 0.15) is 11.3 Å². The molecule has 6 rings (SSSR count). The first-order chi connectivity index (χ1) is 14.2. The minimum atomic E-state index is 0.621. The molecule has 5 heterocycles. The van der Waals surface area contributed by atoms with Crippen LogP contribution in [0.2, 0.25) is 0 Å². The molecule has 2 aromatic heterocycles. The van der Waals surface area contributed by atoms with E-state index < -0.39 is 0 Å². The average Bonchev–Trinajstić information content (AvgIpc) is 3.48. The molecule has 2 unspecified atom stereocenters. The van der Waals surface area contributed by atoms with Crippen molar-refractivity contribution in [1.29, 1.82) is 0 Å². The fourth-order valence-electron chi connectivity index (χ4n) is 5.11. The van der Waals surface area contributed by atoms with Crippen molar-refractivity contribution in [3.05, 3.63) is 41.3 Å². The second kappa shape index (κ2) is 6.97. The third kappa shape index (κ3) is 3.10. The highest BCUT2D eigenvalue weighted by Gasteiger charge is 2.38. The van der Waals surface area contributed by atoms with Gasteiger partial charge < -0.3 is 20.4 Å². The number of rotatable bonds is 3. The van der Waals surface area contributed by atoms with Crippen LogP contribution in [-0.2, 0) is 0 Å². The Bertz CT molecular complexity index is 1040. The van der Waals surface area contributed by atoms with Crippen molar-refractivity contribution in [2.45, 2.75) is 25.4 Å².